The second-order valence-corrected chi connectivity index (χ2v) is 5.16. The van der Waals surface area contributed by atoms with Gasteiger partial charge in [0.25, 0.3) is 0 Å². The minimum Gasteiger partial charge on any atom is -0.480 e. The minimum absolute atomic E-state index is 0.0250. The van der Waals surface area contributed by atoms with Crippen molar-refractivity contribution in [2.75, 3.05) is 13.7 Å². The number of aryl methyl sites for hydroxylation is 1. The minimum atomic E-state index is -1.08. The third kappa shape index (κ3) is 3.17. The zero-order valence-electron chi connectivity index (χ0n) is 11.6. The average molecular weight is 277 g/mol. The van der Waals surface area contributed by atoms with E-state index in [4.69, 9.17) is 9.84 Å². The zero-order chi connectivity index (χ0) is 14.7. The van der Waals surface area contributed by atoms with E-state index in [1.54, 1.807) is 0 Å². The summed E-state index contributed by atoms with van der Waals surface area (Å²) < 4.78 is 4.80. The molecule has 1 fully saturated rings. The number of carboxylic acids is 1. The highest BCUT2D eigenvalue weighted by atomic mass is 16.5. The van der Waals surface area contributed by atoms with Gasteiger partial charge in [-0.3, -0.25) is 4.79 Å². The van der Waals surface area contributed by atoms with Crippen LogP contribution in [0.5, 0.6) is 0 Å². The summed E-state index contributed by atoms with van der Waals surface area (Å²) in [6.45, 7) is 2.00. The Kier molecular flexibility index (Phi) is 4.39. The molecule has 0 aliphatic heterocycles. The lowest BCUT2D eigenvalue weighted by molar-refractivity contribution is -0.143. The number of benzene rings is 1. The Morgan fingerprint density at radius 1 is 1.45 bits per heavy atom. The van der Waals surface area contributed by atoms with Crippen LogP contribution in [0.2, 0.25) is 0 Å². The SMILES string of the molecule is COCC(NC(=O)C1CC1c1ccccc1C)C(=O)O. The summed E-state index contributed by atoms with van der Waals surface area (Å²) in [6, 6.07) is 6.99. The van der Waals surface area contributed by atoms with E-state index in [-0.39, 0.29) is 24.3 Å². The van der Waals surface area contributed by atoms with E-state index >= 15 is 0 Å². The Bertz CT molecular complexity index is 514. The van der Waals surface area contributed by atoms with Crippen LogP contribution in [-0.2, 0) is 14.3 Å². The summed E-state index contributed by atoms with van der Waals surface area (Å²) in [7, 11) is 1.41. The van der Waals surface area contributed by atoms with Gasteiger partial charge in [-0.2, -0.15) is 0 Å². The Labute approximate surface area is 117 Å². The van der Waals surface area contributed by atoms with Crippen LogP contribution in [0.3, 0.4) is 0 Å². The fourth-order valence-corrected chi connectivity index (χ4v) is 2.45. The molecule has 0 radical (unpaired) electrons. The second kappa shape index (κ2) is 6.05. The molecule has 2 rings (SSSR count). The van der Waals surface area contributed by atoms with Gasteiger partial charge < -0.3 is 15.2 Å². The van der Waals surface area contributed by atoms with Gasteiger partial charge in [0.2, 0.25) is 5.91 Å². The van der Waals surface area contributed by atoms with Crippen LogP contribution in [0.15, 0.2) is 24.3 Å². The number of nitrogens with one attached hydrogen (secondary N) is 1. The lowest BCUT2D eigenvalue weighted by atomic mass is 10.0. The number of amides is 1. The predicted octanol–water partition coefficient (Wildman–Crippen LogP) is 1.31. The molecule has 20 heavy (non-hydrogen) atoms. The molecule has 1 amide bonds. The first kappa shape index (κ1) is 14.5. The normalized spacial score (nSPS) is 22.1. The topological polar surface area (TPSA) is 75.6 Å². The van der Waals surface area contributed by atoms with E-state index in [9.17, 15) is 9.59 Å². The van der Waals surface area contributed by atoms with Crippen molar-refractivity contribution in [2.45, 2.75) is 25.3 Å². The maximum Gasteiger partial charge on any atom is 0.328 e. The quantitative estimate of drug-likeness (QED) is 0.822. The van der Waals surface area contributed by atoms with Gasteiger partial charge in [0, 0.05) is 13.0 Å². The van der Waals surface area contributed by atoms with E-state index in [2.05, 4.69) is 5.32 Å². The van der Waals surface area contributed by atoms with Crippen LogP contribution >= 0.6 is 0 Å². The summed E-state index contributed by atoms with van der Waals surface area (Å²) in [6.07, 6.45) is 0.774. The molecular formula is C15H19NO4. The van der Waals surface area contributed by atoms with Gasteiger partial charge in [0.05, 0.1) is 6.61 Å². The van der Waals surface area contributed by atoms with Crippen molar-refractivity contribution in [2.24, 2.45) is 5.92 Å². The first-order valence-corrected chi connectivity index (χ1v) is 6.62. The van der Waals surface area contributed by atoms with Crippen molar-refractivity contribution < 1.29 is 19.4 Å². The average Bonchev–Trinajstić information content (AvgIpc) is 3.18. The lowest BCUT2D eigenvalue weighted by Crippen LogP contribution is -2.44. The number of rotatable bonds is 6. The number of hydrogen-bond acceptors (Lipinski definition) is 3. The summed E-state index contributed by atoms with van der Waals surface area (Å²) in [5.41, 5.74) is 2.34. The zero-order valence-corrected chi connectivity index (χ0v) is 11.6. The molecule has 5 heteroatoms. The first-order valence-electron chi connectivity index (χ1n) is 6.62. The smallest absolute Gasteiger partial charge is 0.328 e. The van der Waals surface area contributed by atoms with Gasteiger partial charge in [-0.25, -0.2) is 4.79 Å². The number of carbonyl (C=O) groups excluding carboxylic acids is 1. The molecule has 108 valence electrons. The van der Waals surface area contributed by atoms with Crippen LogP contribution < -0.4 is 5.32 Å². The second-order valence-electron chi connectivity index (χ2n) is 5.16. The molecule has 3 unspecified atom stereocenters. The van der Waals surface area contributed by atoms with Crippen molar-refractivity contribution in [1.82, 2.24) is 5.32 Å². The number of hydrogen-bond donors (Lipinski definition) is 2. The van der Waals surface area contributed by atoms with Crippen LogP contribution in [-0.4, -0.2) is 36.7 Å². The standard InChI is InChI=1S/C15H19NO4/c1-9-5-3-4-6-10(9)11-7-12(11)14(17)16-13(8-20-2)15(18)19/h3-6,11-13H,7-8H2,1-2H3,(H,16,17)(H,18,19). The van der Waals surface area contributed by atoms with Gasteiger partial charge in [-0.05, 0) is 30.4 Å². The Morgan fingerprint density at radius 2 is 2.15 bits per heavy atom. The van der Waals surface area contributed by atoms with E-state index in [1.165, 1.54) is 18.2 Å². The van der Waals surface area contributed by atoms with Gasteiger partial charge >= 0.3 is 5.97 Å². The molecule has 0 spiro atoms. The highest BCUT2D eigenvalue weighted by Gasteiger charge is 2.45. The summed E-state index contributed by atoms with van der Waals surface area (Å²) in [4.78, 5) is 23.0. The molecule has 0 saturated heterocycles. The van der Waals surface area contributed by atoms with Gasteiger partial charge in [-0.1, -0.05) is 24.3 Å². The maximum absolute atomic E-state index is 12.1. The van der Waals surface area contributed by atoms with Crippen molar-refractivity contribution in [3.8, 4) is 0 Å². The van der Waals surface area contributed by atoms with E-state index < -0.39 is 12.0 Å². The van der Waals surface area contributed by atoms with Crippen LogP contribution in [0.25, 0.3) is 0 Å². The Hall–Kier alpha value is -1.88. The molecule has 0 heterocycles. The summed E-state index contributed by atoms with van der Waals surface area (Å²) in [5, 5.41) is 11.5. The molecular weight excluding hydrogens is 258 g/mol. The Morgan fingerprint density at radius 3 is 2.75 bits per heavy atom. The first-order chi connectivity index (χ1) is 9.54. The maximum atomic E-state index is 12.1. The predicted molar refractivity (Wildman–Crippen MR) is 73.5 cm³/mol. The highest BCUT2D eigenvalue weighted by Crippen LogP contribution is 2.48. The van der Waals surface area contributed by atoms with E-state index in [1.807, 2.05) is 31.2 Å². The summed E-state index contributed by atoms with van der Waals surface area (Å²) >= 11 is 0. The fourth-order valence-electron chi connectivity index (χ4n) is 2.45. The van der Waals surface area contributed by atoms with Gasteiger partial charge in [-0.15, -0.1) is 0 Å². The van der Waals surface area contributed by atoms with E-state index in [0.29, 0.717) is 0 Å². The van der Waals surface area contributed by atoms with Crippen molar-refractivity contribution in [3.63, 3.8) is 0 Å². The molecule has 0 aromatic heterocycles. The van der Waals surface area contributed by atoms with Crippen molar-refractivity contribution >= 4 is 11.9 Å². The number of carbonyl (C=O) groups is 2. The van der Waals surface area contributed by atoms with Gasteiger partial charge in [0.15, 0.2) is 6.04 Å². The summed E-state index contributed by atoms with van der Waals surface area (Å²) in [5.74, 6) is -1.21. The van der Waals surface area contributed by atoms with Crippen LogP contribution in [0.1, 0.15) is 23.5 Å². The molecule has 1 saturated carbocycles. The molecule has 1 aliphatic carbocycles. The number of aliphatic carboxylic acids is 1. The van der Waals surface area contributed by atoms with E-state index in [0.717, 1.165) is 6.42 Å². The third-order valence-electron chi connectivity index (χ3n) is 3.66. The Balaban J connectivity index is 1.96. The van der Waals surface area contributed by atoms with Crippen molar-refractivity contribution in [3.05, 3.63) is 35.4 Å². The monoisotopic (exact) mass is 277 g/mol. The largest absolute Gasteiger partial charge is 0.480 e. The number of ether oxygens (including phenoxy) is 1. The molecule has 0 bridgehead atoms. The molecule has 1 aromatic carbocycles. The third-order valence-corrected chi connectivity index (χ3v) is 3.66. The number of carboxylic acid groups (broad SMARTS) is 1. The van der Waals surface area contributed by atoms with Crippen molar-refractivity contribution in [1.29, 1.82) is 0 Å². The molecule has 1 aliphatic rings. The molecule has 2 N–H and O–H groups in total. The molecule has 5 nitrogen and oxygen atoms in total. The number of methoxy groups -OCH3 is 1. The molecule has 1 aromatic rings. The fraction of sp³-hybridized carbons (Fsp3) is 0.467. The molecule has 3 atom stereocenters. The highest BCUT2D eigenvalue weighted by molar-refractivity contribution is 5.87. The van der Waals surface area contributed by atoms with Gasteiger partial charge in [0.1, 0.15) is 0 Å². The lowest BCUT2D eigenvalue weighted by Gasteiger charge is -2.13. The van der Waals surface area contributed by atoms with Crippen LogP contribution in [0, 0.1) is 12.8 Å². The van der Waals surface area contributed by atoms with Crippen LogP contribution in [0.4, 0.5) is 0 Å².